The van der Waals surface area contributed by atoms with E-state index >= 15 is 4.39 Å². The molecule has 0 unspecified atom stereocenters. The second-order valence-corrected chi connectivity index (χ2v) is 20.6. The molecule has 0 saturated carbocycles. The van der Waals surface area contributed by atoms with E-state index in [-0.39, 0.29) is 40.1 Å². The van der Waals surface area contributed by atoms with Crippen LogP contribution in [0.2, 0.25) is 0 Å². The van der Waals surface area contributed by atoms with Crippen molar-refractivity contribution in [3.63, 3.8) is 0 Å². The van der Waals surface area contributed by atoms with Gasteiger partial charge in [-0.15, -0.1) is 11.3 Å². The van der Waals surface area contributed by atoms with Gasteiger partial charge in [-0.3, -0.25) is 29.3 Å². The standard InChI is InChI=1S/C47H54FN9O5S2/c1-5-25-64(61,62)55-36-8-6-7-35(41(36)48)42-43(63-45(54-42)47(2,3)4)37-17-21-49-46(52-37)51-34-14-11-32-27-57(24-20-31(32)26-34)40(59)28-56-22-18-30(19-23-56)29-9-12-33(13-10-29)50-38-15-16-39(58)53-44(38)60/h6-14,17,21,26,30,38,50,55H,5,15-16,18-20,22-25,27-28H2,1-4H3,(H,49,51,52)(H,53,58,60)/t38-/m1/s1. The first-order valence-electron chi connectivity index (χ1n) is 21.9. The predicted octanol–water partition coefficient (Wildman–Crippen LogP) is 7.58. The first kappa shape index (κ1) is 44.8. The van der Waals surface area contributed by atoms with Crippen molar-refractivity contribution in [2.24, 2.45) is 0 Å². The molecule has 17 heteroatoms. The van der Waals surface area contributed by atoms with E-state index in [0.717, 1.165) is 53.4 Å². The third kappa shape index (κ3) is 10.4. The van der Waals surface area contributed by atoms with Crippen LogP contribution in [0, 0.1) is 5.82 Å². The van der Waals surface area contributed by atoms with Crippen molar-refractivity contribution in [2.45, 2.75) is 90.1 Å². The SMILES string of the molecule is CCCS(=O)(=O)Nc1cccc(-c2nc(C(C)(C)C)sc2-c2ccnc(Nc3ccc4c(c3)CCN(C(=O)CN3CCC(c5ccc(N[C@@H]6CCC(=O)NC6=O)cc5)CC3)C4)n2)c1F. The Hall–Kier alpha value is -5.78. The number of hydrogen-bond acceptors (Lipinski definition) is 12. The first-order chi connectivity index (χ1) is 30.6. The lowest BCUT2D eigenvalue weighted by molar-refractivity contribution is -0.134. The molecule has 0 radical (unpaired) electrons. The lowest BCUT2D eigenvalue weighted by atomic mass is 9.89. The number of carbonyl (C=O) groups excluding carboxylic acids is 3. The van der Waals surface area contributed by atoms with Crippen molar-refractivity contribution < 1.29 is 27.2 Å². The Balaban J connectivity index is 0.879. The Morgan fingerprint density at radius 1 is 0.938 bits per heavy atom. The van der Waals surface area contributed by atoms with Gasteiger partial charge in [0.1, 0.15) is 6.04 Å². The largest absolute Gasteiger partial charge is 0.374 e. The molecule has 5 heterocycles. The zero-order chi connectivity index (χ0) is 45.2. The molecule has 3 aliphatic heterocycles. The number of imide groups is 1. The fourth-order valence-corrected chi connectivity index (χ4v) is 10.6. The maximum absolute atomic E-state index is 16.1. The molecule has 3 amide bonds. The van der Waals surface area contributed by atoms with Crippen LogP contribution in [0.15, 0.2) is 72.9 Å². The van der Waals surface area contributed by atoms with Gasteiger partial charge in [-0.1, -0.05) is 52.0 Å². The number of sulfonamides is 1. The average molecular weight is 908 g/mol. The molecule has 3 aliphatic rings. The summed E-state index contributed by atoms with van der Waals surface area (Å²) in [4.78, 5) is 56.2. The van der Waals surface area contributed by atoms with Gasteiger partial charge in [0.25, 0.3) is 0 Å². The van der Waals surface area contributed by atoms with Crippen LogP contribution in [0.25, 0.3) is 21.8 Å². The summed E-state index contributed by atoms with van der Waals surface area (Å²) in [5.41, 5.74) is 5.75. The number of halogens is 1. The fraction of sp³-hybridized carbons (Fsp3) is 0.404. The third-order valence-corrected chi connectivity index (χ3v) is 14.9. The highest BCUT2D eigenvalue weighted by atomic mass is 32.2. The van der Waals surface area contributed by atoms with Crippen LogP contribution in [0.5, 0.6) is 0 Å². The smallest absolute Gasteiger partial charge is 0.249 e. The minimum atomic E-state index is -3.72. The predicted molar refractivity (Wildman–Crippen MR) is 248 cm³/mol. The van der Waals surface area contributed by atoms with Gasteiger partial charge in [-0.05, 0) is 110 Å². The zero-order valence-corrected chi connectivity index (χ0v) is 38.2. The quantitative estimate of drug-likeness (QED) is 0.0857. The average Bonchev–Trinajstić information content (AvgIpc) is 3.72. The number of hydrogen-bond donors (Lipinski definition) is 4. The Bertz CT molecular complexity index is 2660. The summed E-state index contributed by atoms with van der Waals surface area (Å²) in [5.74, 6) is -0.467. The molecule has 64 heavy (non-hydrogen) atoms. The van der Waals surface area contributed by atoms with E-state index in [2.05, 4.69) is 48.8 Å². The summed E-state index contributed by atoms with van der Waals surface area (Å²) in [6, 6.07) is 20.2. The van der Waals surface area contributed by atoms with E-state index in [9.17, 15) is 22.8 Å². The summed E-state index contributed by atoms with van der Waals surface area (Å²) in [7, 11) is -3.72. The monoisotopic (exact) mass is 907 g/mol. The van der Waals surface area contributed by atoms with Gasteiger partial charge in [0.2, 0.25) is 33.7 Å². The van der Waals surface area contributed by atoms with Gasteiger partial charge in [0, 0.05) is 48.1 Å². The van der Waals surface area contributed by atoms with Crippen molar-refractivity contribution in [3.05, 3.63) is 100 Å². The first-order valence-corrected chi connectivity index (χ1v) is 24.3. The van der Waals surface area contributed by atoms with Crippen LogP contribution in [0.3, 0.4) is 0 Å². The maximum atomic E-state index is 16.1. The van der Waals surface area contributed by atoms with Gasteiger partial charge in [-0.25, -0.2) is 27.8 Å². The second-order valence-electron chi connectivity index (χ2n) is 17.8. The van der Waals surface area contributed by atoms with Crippen molar-refractivity contribution in [3.8, 4) is 21.8 Å². The third-order valence-electron chi connectivity index (χ3n) is 11.9. The Kier molecular flexibility index (Phi) is 13.1. The summed E-state index contributed by atoms with van der Waals surface area (Å²) in [6.07, 6.45) is 5.49. The summed E-state index contributed by atoms with van der Waals surface area (Å²) in [5, 5.41) is 9.74. The molecule has 2 fully saturated rings. The van der Waals surface area contributed by atoms with Gasteiger partial charge in [-0.2, -0.15) is 0 Å². The van der Waals surface area contributed by atoms with E-state index in [1.165, 1.54) is 23.0 Å². The van der Waals surface area contributed by atoms with Crippen molar-refractivity contribution in [1.29, 1.82) is 0 Å². The maximum Gasteiger partial charge on any atom is 0.249 e. The number of nitrogens with one attached hydrogen (secondary N) is 4. The van der Waals surface area contributed by atoms with Gasteiger partial charge in [0.05, 0.1) is 39.3 Å². The number of benzene rings is 3. The lowest BCUT2D eigenvalue weighted by Crippen LogP contribution is -2.47. The van der Waals surface area contributed by atoms with Crippen LogP contribution in [0.1, 0.15) is 87.4 Å². The molecule has 0 bridgehead atoms. The number of anilines is 4. The molecule has 8 rings (SSSR count). The Morgan fingerprint density at radius 2 is 1.70 bits per heavy atom. The highest BCUT2D eigenvalue weighted by Crippen LogP contribution is 2.42. The molecule has 0 spiro atoms. The number of carbonyl (C=O) groups is 3. The zero-order valence-electron chi connectivity index (χ0n) is 36.5. The van der Waals surface area contributed by atoms with E-state index in [0.29, 0.717) is 73.4 Å². The minimum Gasteiger partial charge on any atom is -0.374 e. The van der Waals surface area contributed by atoms with Crippen LogP contribution in [-0.4, -0.2) is 88.9 Å². The van der Waals surface area contributed by atoms with Crippen molar-refractivity contribution in [2.75, 3.05) is 47.3 Å². The number of nitrogens with zero attached hydrogens (tertiary/aromatic N) is 5. The number of rotatable bonds is 13. The van der Waals surface area contributed by atoms with Gasteiger partial charge >= 0.3 is 0 Å². The summed E-state index contributed by atoms with van der Waals surface area (Å²) >= 11 is 1.41. The number of piperidine rings is 2. The molecule has 3 aromatic carbocycles. The summed E-state index contributed by atoms with van der Waals surface area (Å²) in [6.45, 7) is 11.1. The molecule has 2 aromatic heterocycles. The highest BCUT2D eigenvalue weighted by molar-refractivity contribution is 7.92. The molecule has 1 atom stereocenters. The number of fused-ring (bicyclic) bond motifs is 1. The van der Waals surface area contributed by atoms with E-state index < -0.39 is 21.9 Å². The second kappa shape index (κ2) is 18.7. The van der Waals surface area contributed by atoms with Crippen molar-refractivity contribution >= 4 is 62.1 Å². The molecular formula is C47H54FN9O5S2. The molecule has 336 valence electrons. The van der Waals surface area contributed by atoms with Crippen LogP contribution < -0.4 is 20.7 Å². The molecule has 5 aromatic rings. The number of aromatic nitrogens is 3. The van der Waals surface area contributed by atoms with Crippen LogP contribution >= 0.6 is 11.3 Å². The Labute approximate surface area is 377 Å². The molecule has 4 N–H and O–H groups in total. The lowest BCUT2D eigenvalue weighted by Gasteiger charge is -2.35. The fourth-order valence-electron chi connectivity index (χ4n) is 8.40. The normalized spacial score (nSPS) is 17.5. The van der Waals surface area contributed by atoms with Crippen LogP contribution in [-0.2, 0) is 42.8 Å². The molecule has 0 aliphatic carbocycles. The summed E-state index contributed by atoms with van der Waals surface area (Å²) < 4.78 is 43.6. The molecular weight excluding hydrogens is 854 g/mol. The van der Waals surface area contributed by atoms with Crippen LogP contribution in [0.4, 0.5) is 27.4 Å². The van der Waals surface area contributed by atoms with E-state index in [1.807, 2.05) is 49.9 Å². The van der Waals surface area contributed by atoms with Crippen molar-refractivity contribution in [1.82, 2.24) is 30.1 Å². The molecule has 14 nitrogen and oxygen atoms in total. The topological polar surface area (TPSA) is 179 Å². The van der Waals surface area contributed by atoms with Gasteiger partial charge in [0.15, 0.2) is 5.82 Å². The molecule has 2 saturated heterocycles. The highest BCUT2D eigenvalue weighted by Gasteiger charge is 2.30. The Morgan fingerprint density at radius 3 is 2.44 bits per heavy atom. The van der Waals surface area contributed by atoms with Gasteiger partial charge < -0.3 is 15.5 Å². The number of amides is 3. The van der Waals surface area contributed by atoms with E-state index in [1.54, 1.807) is 31.3 Å². The van der Waals surface area contributed by atoms with E-state index in [4.69, 9.17) is 9.97 Å². The minimum absolute atomic E-state index is 0.122. The number of thiazole rings is 1. The number of likely N-dealkylation sites (tertiary alicyclic amines) is 1.